The zero-order chi connectivity index (χ0) is 16.6. The van der Waals surface area contributed by atoms with Gasteiger partial charge in [-0.05, 0) is 31.5 Å². The monoisotopic (exact) mass is 312 g/mol. The molecule has 1 aromatic carbocycles. The summed E-state index contributed by atoms with van der Waals surface area (Å²) >= 11 is 0. The Morgan fingerprint density at radius 1 is 1.04 bits per heavy atom. The second kappa shape index (κ2) is 5.79. The number of fused-ring (bicyclic) bond motifs is 1. The average molecular weight is 312 g/mol. The van der Waals surface area contributed by atoms with E-state index in [-0.39, 0.29) is 0 Å². The Kier molecular flexibility index (Phi) is 3.82. The standard InChI is InChI=1S/C17H20N4O2/c1-10-8-15(18-3)21-17(19-10)16(11(2)20-21)12-6-7-13(22-4)14(9-12)23-5/h6-9,18H,1-5H3. The molecule has 0 amide bonds. The molecule has 6 heteroatoms. The second-order valence-electron chi connectivity index (χ2n) is 5.30. The van der Waals surface area contributed by atoms with Crippen LogP contribution in [0.5, 0.6) is 11.5 Å². The first kappa shape index (κ1) is 15.1. The fraction of sp³-hybridized carbons (Fsp3) is 0.294. The predicted octanol–water partition coefficient (Wildman–Crippen LogP) is 3.07. The molecule has 0 radical (unpaired) electrons. The highest BCUT2D eigenvalue weighted by molar-refractivity contribution is 5.82. The Balaban J connectivity index is 2.28. The molecule has 2 aromatic heterocycles. The topological polar surface area (TPSA) is 60.7 Å². The quantitative estimate of drug-likeness (QED) is 0.802. The molecule has 0 aliphatic rings. The molecule has 0 bridgehead atoms. The van der Waals surface area contributed by atoms with Crippen LogP contribution >= 0.6 is 0 Å². The van der Waals surface area contributed by atoms with Crippen LogP contribution in [0.1, 0.15) is 11.4 Å². The van der Waals surface area contributed by atoms with Gasteiger partial charge in [-0.15, -0.1) is 0 Å². The summed E-state index contributed by atoms with van der Waals surface area (Å²) in [5.74, 6) is 2.29. The lowest BCUT2D eigenvalue weighted by Gasteiger charge is -2.10. The maximum Gasteiger partial charge on any atom is 0.165 e. The molecule has 3 rings (SSSR count). The fourth-order valence-electron chi connectivity index (χ4n) is 2.75. The number of nitrogens with one attached hydrogen (secondary N) is 1. The highest BCUT2D eigenvalue weighted by atomic mass is 16.5. The van der Waals surface area contributed by atoms with Crippen molar-refractivity contribution >= 4 is 11.5 Å². The van der Waals surface area contributed by atoms with Crippen LogP contribution < -0.4 is 14.8 Å². The van der Waals surface area contributed by atoms with Gasteiger partial charge in [0.15, 0.2) is 17.1 Å². The number of hydrogen-bond acceptors (Lipinski definition) is 5. The van der Waals surface area contributed by atoms with Gasteiger partial charge in [-0.25, -0.2) is 4.98 Å². The van der Waals surface area contributed by atoms with Gasteiger partial charge in [0, 0.05) is 24.4 Å². The Labute approximate surface area is 135 Å². The van der Waals surface area contributed by atoms with Crippen LogP contribution in [-0.4, -0.2) is 35.9 Å². The van der Waals surface area contributed by atoms with Gasteiger partial charge in [-0.3, -0.25) is 0 Å². The van der Waals surface area contributed by atoms with Crippen molar-refractivity contribution in [1.82, 2.24) is 14.6 Å². The van der Waals surface area contributed by atoms with Crippen LogP contribution in [0.25, 0.3) is 16.8 Å². The first-order chi connectivity index (χ1) is 11.1. The zero-order valence-corrected chi connectivity index (χ0v) is 14.0. The Bertz CT molecular complexity index is 871. The smallest absolute Gasteiger partial charge is 0.165 e. The summed E-state index contributed by atoms with van der Waals surface area (Å²) in [4.78, 5) is 4.67. The lowest BCUT2D eigenvalue weighted by Crippen LogP contribution is -2.02. The molecule has 3 aromatic rings. The van der Waals surface area contributed by atoms with Gasteiger partial charge in [-0.2, -0.15) is 9.61 Å². The summed E-state index contributed by atoms with van der Waals surface area (Å²) in [5, 5.41) is 7.78. The van der Waals surface area contributed by atoms with Gasteiger partial charge in [0.2, 0.25) is 0 Å². The normalized spacial score (nSPS) is 10.8. The number of methoxy groups -OCH3 is 2. The second-order valence-corrected chi connectivity index (χ2v) is 5.30. The number of nitrogens with zero attached hydrogens (tertiary/aromatic N) is 3. The minimum absolute atomic E-state index is 0.685. The van der Waals surface area contributed by atoms with Gasteiger partial charge < -0.3 is 14.8 Å². The van der Waals surface area contributed by atoms with E-state index in [1.807, 2.05) is 49.7 Å². The van der Waals surface area contributed by atoms with Gasteiger partial charge in [0.25, 0.3) is 0 Å². The number of hydrogen-bond donors (Lipinski definition) is 1. The van der Waals surface area contributed by atoms with Crippen LogP contribution in [0, 0.1) is 13.8 Å². The van der Waals surface area contributed by atoms with E-state index in [4.69, 9.17) is 9.47 Å². The summed E-state index contributed by atoms with van der Waals surface area (Å²) in [6.45, 7) is 3.96. The Morgan fingerprint density at radius 3 is 2.43 bits per heavy atom. The Hall–Kier alpha value is -2.76. The van der Waals surface area contributed by atoms with Crippen molar-refractivity contribution in [3.05, 3.63) is 35.7 Å². The van der Waals surface area contributed by atoms with Crippen molar-refractivity contribution in [3.63, 3.8) is 0 Å². The maximum absolute atomic E-state index is 5.41. The van der Waals surface area contributed by atoms with E-state index in [2.05, 4.69) is 15.4 Å². The van der Waals surface area contributed by atoms with Crippen molar-refractivity contribution in [2.75, 3.05) is 26.6 Å². The van der Waals surface area contributed by atoms with E-state index in [1.54, 1.807) is 14.2 Å². The average Bonchev–Trinajstić information content (AvgIpc) is 2.89. The third kappa shape index (κ3) is 2.46. The van der Waals surface area contributed by atoms with Crippen molar-refractivity contribution in [2.24, 2.45) is 0 Å². The molecule has 1 N–H and O–H groups in total. The summed E-state index contributed by atoms with van der Waals surface area (Å²) in [6, 6.07) is 7.81. The van der Waals surface area contributed by atoms with Crippen LogP contribution in [-0.2, 0) is 0 Å². The van der Waals surface area contributed by atoms with Crippen molar-refractivity contribution < 1.29 is 9.47 Å². The van der Waals surface area contributed by atoms with E-state index in [9.17, 15) is 0 Å². The largest absolute Gasteiger partial charge is 0.493 e. The predicted molar refractivity (Wildman–Crippen MR) is 90.5 cm³/mol. The molecule has 0 unspecified atom stereocenters. The van der Waals surface area contributed by atoms with Gasteiger partial charge in [-0.1, -0.05) is 6.07 Å². The summed E-state index contributed by atoms with van der Waals surface area (Å²) in [5.41, 5.74) is 4.65. The third-order valence-electron chi connectivity index (χ3n) is 3.82. The SMILES string of the molecule is CNc1cc(C)nc2c(-c3ccc(OC)c(OC)c3)c(C)nn12. The summed E-state index contributed by atoms with van der Waals surface area (Å²) in [6.07, 6.45) is 0. The number of rotatable bonds is 4. The van der Waals surface area contributed by atoms with E-state index in [0.717, 1.165) is 34.0 Å². The molecule has 0 saturated carbocycles. The van der Waals surface area contributed by atoms with Crippen LogP contribution in [0.4, 0.5) is 5.82 Å². The maximum atomic E-state index is 5.41. The van der Waals surface area contributed by atoms with Gasteiger partial charge >= 0.3 is 0 Å². The molecule has 0 fully saturated rings. The van der Waals surface area contributed by atoms with E-state index >= 15 is 0 Å². The summed E-state index contributed by atoms with van der Waals surface area (Å²) in [7, 11) is 5.13. The number of aromatic nitrogens is 3. The highest BCUT2D eigenvalue weighted by Crippen LogP contribution is 2.35. The molecule has 0 atom stereocenters. The number of aryl methyl sites for hydroxylation is 2. The van der Waals surface area contributed by atoms with Crippen LogP contribution in [0.2, 0.25) is 0 Å². The molecule has 23 heavy (non-hydrogen) atoms. The Morgan fingerprint density at radius 2 is 1.78 bits per heavy atom. The molecule has 0 aliphatic heterocycles. The van der Waals surface area contributed by atoms with Crippen LogP contribution in [0.15, 0.2) is 24.3 Å². The van der Waals surface area contributed by atoms with Crippen LogP contribution in [0.3, 0.4) is 0 Å². The van der Waals surface area contributed by atoms with Crippen molar-refractivity contribution in [3.8, 4) is 22.6 Å². The lowest BCUT2D eigenvalue weighted by atomic mass is 10.1. The number of benzene rings is 1. The van der Waals surface area contributed by atoms with Gasteiger partial charge in [0.1, 0.15) is 5.82 Å². The van der Waals surface area contributed by atoms with Gasteiger partial charge in [0.05, 0.1) is 19.9 Å². The van der Waals surface area contributed by atoms with E-state index in [1.165, 1.54) is 0 Å². The van der Waals surface area contributed by atoms with Crippen molar-refractivity contribution in [2.45, 2.75) is 13.8 Å². The minimum atomic E-state index is 0.685. The first-order valence-corrected chi connectivity index (χ1v) is 7.36. The third-order valence-corrected chi connectivity index (χ3v) is 3.82. The molecule has 0 aliphatic carbocycles. The summed E-state index contributed by atoms with van der Waals surface area (Å²) < 4.78 is 12.5. The fourth-order valence-corrected chi connectivity index (χ4v) is 2.75. The first-order valence-electron chi connectivity index (χ1n) is 7.36. The minimum Gasteiger partial charge on any atom is -0.493 e. The van der Waals surface area contributed by atoms with E-state index in [0.29, 0.717) is 11.5 Å². The van der Waals surface area contributed by atoms with Crippen molar-refractivity contribution in [1.29, 1.82) is 0 Å². The van der Waals surface area contributed by atoms with E-state index < -0.39 is 0 Å². The molecular weight excluding hydrogens is 292 g/mol. The molecular formula is C17H20N4O2. The molecule has 0 saturated heterocycles. The highest BCUT2D eigenvalue weighted by Gasteiger charge is 2.17. The zero-order valence-electron chi connectivity index (χ0n) is 14.0. The lowest BCUT2D eigenvalue weighted by molar-refractivity contribution is 0.355. The molecule has 6 nitrogen and oxygen atoms in total. The molecule has 0 spiro atoms. The number of ether oxygens (including phenoxy) is 2. The number of anilines is 1. The molecule has 120 valence electrons. The molecule has 2 heterocycles.